The smallest absolute Gasteiger partial charge is 0.0353 e. The van der Waals surface area contributed by atoms with Crippen molar-refractivity contribution in [3.05, 3.63) is 89.5 Å². The number of benzene rings is 3. The Morgan fingerprint density at radius 3 is 2.47 bits per heavy atom. The van der Waals surface area contributed by atoms with Crippen molar-refractivity contribution in [1.29, 1.82) is 0 Å². The lowest BCUT2D eigenvalue weighted by Gasteiger charge is -2.38. The summed E-state index contributed by atoms with van der Waals surface area (Å²) in [5.74, 6) is -7.35. The fraction of sp³-hybridized carbons (Fsp3) is 0.333. The Labute approximate surface area is 204 Å². The number of rotatable bonds is 2. The normalized spacial score (nSPS) is 51.1. The predicted octanol–water partition coefficient (Wildman–Crippen LogP) is 8.58. The highest BCUT2D eigenvalue weighted by Gasteiger charge is 2.32. The second kappa shape index (κ2) is 7.58. The molecule has 1 saturated carbocycles. The van der Waals surface area contributed by atoms with Gasteiger partial charge in [0.15, 0.2) is 0 Å². The monoisotopic (exact) mass is 407 g/mol. The van der Waals surface area contributed by atoms with E-state index in [1.54, 1.807) is 36.4 Å². The summed E-state index contributed by atoms with van der Waals surface area (Å²) >= 11 is 0. The van der Waals surface area contributed by atoms with Gasteiger partial charge in [0.2, 0.25) is 0 Å². The standard InChI is InChI=1S/C30H30/c1-2-11-23-20-30-24(19-22(23)10-1)13-8-18-29(30)28-16-6-5-15-27(28)26-17-7-12-21-9-3-4-14-25(21)26/h3-7,9,12,14-17,20,22,24H,1-2,8,10-11,13,18-19H2/i1D2,2D2,8D2,10D2,11D2,13D2,18D,19D2,22D,24D. The molecule has 3 aromatic carbocycles. The van der Waals surface area contributed by atoms with Crippen molar-refractivity contribution in [2.24, 2.45) is 11.8 Å². The first kappa shape index (κ1) is 7.83. The molecule has 3 aromatic rings. The molecule has 30 heavy (non-hydrogen) atoms. The summed E-state index contributed by atoms with van der Waals surface area (Å²) in [5, 5.41) is 1.57. The van der Waals surface area contributed by atoms with E-state index in [9.17, 15) is 5.48 Å². The molecule has 3 unspecified atom stereocenters. The molecule has 3 aliphatic carbocycles. The minimum Gasteiger partial charge on any atom is -0.0668 e. The molecule has 0 nitrogen and oxygen atoms in total. The molecule has 0 saturated heterocycles. The van der Waals surface area contributed by atoms with Gasteiger partial charge in [-0.05, 0) is 95.0 Å². The Hall–Kier alpha value is -2.60. The van der Waals surface area contributed by atoms with Gasteiger partial charge in [-0.3, -0.25) is 0 Å². The van der Waals surface area contributed by atoms with Crippen LogP contribution in [0.15, 0.2) is 84.0 Å². The SMILES string of the molecule is [2H]C1C(c2ccccc2-c2cccc3ccccc23)=C2C=C3C([2H])([2H])C([2H])([2H])C([2H])([2H])C([2H])([2H])C3([2H])C([2H])([2H])C2([2H])C([2H])([2H])C1([2H])[2H]. The first-order chi connectivity index (χ1) is 21.3. The minimum absolute atomic E-state index is 0.0812. The first-order valence-corrected chi connectivity index (χ1v) is 9.80. The lowest BCUT2D eigenvalue weighted by atomic mass is 9.67. The molecule has 0 radical (unpaired) electrons. The summed E-state index contributed by atoms with van der Waals surface area (Å²) in [6.07, 6.45) is -27.6. The minimum atomic E-state index is -3.95. The van der Waals surface area contributed by atoms with Gasteiger partial charge in [0.05, 0.1) is 0 Å². The fourth-order valence-electron chi connectivity index (χ4n) is 4.14. The molecule has 0 aliphatic heterocycles. The average molecular weight is 408 g/mol. The quantitative estimate of drug-likeness (QED) is 0.399. The summed E-state index contributed by atoms with van der Waals surface area (Å²) in [7, 11) is 0. The van der Waals surface area contributed by atoms with Gasteiger partial charge in [-0.25, -0.2) is 0 Å². The van der Waals surface area contributed by atoms with Crippen LogP contribution in [0.5, 0.6) is 0 Å². The van der Waals surface area contributed by atoms with E-state index < -0.39 is 79.5 Å². The van der Waals surface area contributed by atoms with Crippen LogP contribution in [0.2, 0.25) is 0 Å². The zero-order chi connectivity index (χ0) is 35.2. The van der Waals surface area contributed by atoms with E-state index in [-0.39, 0.29) is 5.56 Å². The number of hydrogen-bond donors (Lipinski definition) is 0. The molecule has 0 N–H and O–H groups in total. The second-order valence-corrected chi connectivity index (χ2v) is 7.25. The van der Waals surface area contributed by atoms with E-state index in [2.05, 4.69) is 0 Å². The number of allylic oxidation sites excluding steroid dienone is 4. The van der Waals surface area contributed by atoms with Crippen LogP contribution in [-0.2, 0) is 0 Å². The van der Waals surface area contributed by atoms with E-state index in [4.69, 9.17) is 17.8 Å². The molecule has 0 bridgehead atoms. The maximum atomic E-state index is 9.60. The molecule has 3 aliphatic rings. The number of fused-ring (bicyclic) bond motifs is 3. The van der Waals surface area contributed by atoms with Crippen LogP contribution < -0.4 is 0 Å². The average Bonchev–Trinajstić information content (AvgIpc) is 2.99. The highest BCUT2D eigenvalue weighted by molar-refractivity contribution is 5.99. The van der Waals surface area contributed by atoms with Crippen LogP contribution in [0, 0.1) is 11.8 Å². The molecule has 0 aromatic heterocycles. The Bertz CT molecular complexity index is 1880. The first-order valence-electron chi connectivity index (χ1n) is 18.4. The third kappa shape index (κ3) is 3.05. The van der Waals surface area contributed by atoms with E-state index in [0.29, 0.717) is 17.2 Å². The van der Waals surface area contributed by atoms with Crippen molar-refractivity contribution < 1.29 is 23.3 Å². The molecule has 6 rings (SSSR count). The van der Waals surface area contributed by atoms with Crippen LogP contribution in [0.4, 0.5) is 0 Å². The molecule has 0 amide bonds. The van der Waals surface area contributed by atoms with Crippen molar-refractivity contribution in [1.82, 2.24) is 0 Å². The summed E-state index contributed by atoms with van der Waals surface area (Å²) in [6, 6.07) is 19.0. The summed E-state index contributed by atoms with van der Waals surface area (Å²) in [5.41, 5.74) is -1.29. The molecule has 0 spiro atoms. The zero-order valence-electron chi connectivity index (χ0n) is 33.0. The van der Waals surface area contributed by atoms with E-state index in [0.717, 1.165) is 10.8 Å². The van der Waals surface area contributed by atoms with Crippen LogP contribution in [0.1, 0.15) is 79.9 Å². The van der Waals surface area contributed by atoms with Crippen LogP contribution in [0.25, 0.3) is 27.5 Å². The maximum absolute atomic E-state index is 9.60. The van der Waals surface area contributed by atoms with Crippen LogP contribution in [0.3, 0.4) is 0 Å². The topological polar surface area (TPSA) is 0 Å². The molecule has 0 heterocycles. The van der Waals surface area contributed by atoms with Gasteiger partial charge in [0, 0.05) is 23.3 Å². The van der Waals surface area contributed by atoms with Crippen molar-refractivity contribution in [2.75, 3.05) is 0 Å². The largest absolute Gasteiger partial charge is 0.0668 e. The molecule has 1 fully saturated rings. The van der Waals surface area contributed by atoms with Gasteiger partial charge in [-0.2, -0.15) is 0 Å². The van der Waals surface area contributed by atoms with Gasteiger partial charge in [-0.1, -0.05) is 84.8 Å². The van der Waals surface area contributed by atoms with Gasteiger partial charge in [0.1, 0.15) is 0 Å². The van der Waals surface area contributed by atoms with Gasteiger partial charge in [0.25, 0.3) is 0 Å². The Kier molecular flexibility index (Phi) is 1.98. The van der Waals surface area contributed by atoms with Crippen molar-refractivity contribution in [3.63, 3.8) is 0 Å². The van der Waals surface area contributed by atoms with Crippen LogP contribution >= 0.6 is 0 Å². The van der Waals surface area contributed by atoms with E-state index >= 15 is 0 Å². The van der Waals surface area contributed by atoms with Crippen LogP contribution in [-0.4, -0.2) is 0 Å². The van der Waals surface area contributed by atoms with Crippen molar-refractivity contribution in [3.8, 4) is 11.1 Å². The predicted molar refractivity (Wildman–Crippen MR) is 128 cm³/mol. The van der Waals surface area contributed by atoms with Gasteiger partial charge >= 0.3 is 0 Å². The van der Waals surface area contributed by atoms with Gasteiger partial charge in [-0.15, -0.1) is 0 Å². The lowest BCUT2D eigenvalue weighted by molar-refractivity contribution is 0.343. The molecular formula is C30H30. The molecular weight excluding hydrogens is 360 g/mol. The lowest BCUT2D eigenvalue weighted by Crippen LogP contribution is -2.23. The Balaban J connectivity index is 1.83. The third-order valence-corrected chi connectivity index (χ3v) is 5.53. The number of hydrogen-bond acceptors (Lipinski definition) is 0. The summed E-state index contributed by atoms with van der Waals surface area (Å²) in [4.78, 5) is 0. The maximum Gasteiger partial charge on any atom is 0.0353 e. The molecule has 3 atom stereocenters. The summed E-state index contributed by atoms with van der Waals surface area (Å²) in [6.45, 7) is 0. The van der Waals surface area contributed by atoms with Gasteiger partial charge < -0.3 is 0 Å². The molecule has 0 heteroatoms. The highest BCUT2D eigenvalue weighted by Crippen LogP contribution is 2.49. The second-order valence-electron chi connectivity index (χ2n) is 7.25. The van der Waals surface area contributed by atoms with Crippen molar-refractivity contribution in [2.45, 2.75) is 51.0 Å². The van der Waals surface area contributed by atoms with E-state index in [1.165, 1.54) is 6.07 Å². The highest BCUT2D eigenvalue weighted by atomic mass is 14.4. The zero-order valence-corrected chi connectivity index (χ0v) is 16.0. The third-order valence-electron chi connectivity index (χ3n) is 5.53. The fourth-order valence-corrected chi connectivity index (χ4v) is 4.14. The Morgan fingerprint density at radius 1 is 0.733 bits per heavy atom. The molecule has 150 valence electrons. The Morgan fingerprint density at radius 2 is 1.50 bits per heavy atom. The summed E-state index contributed by atoms with van der Waals surface area (Å²) < 4.78 is 151. The van der Waals surface area contributed by atoms with E-state index in [1.807, 2.05) is 24.3 Å². The van der Waals surface area contributed by atoms with Crippen molar-refractivity contribution >= 4 is 16.3 Å².